The van der Waals surface area contributed by atoms with Gasteiger partial charge in [0, 0.05) is 6.20 Å². The Bertz CT molecular complexity index is 709. The predicted molar refractivity (Wildman–Crippen MR) is 58.0 cm³/mol. The molecule has 0 aliphatic carbocycles. The van der Waals surface area contributed by atoms with Crippen LogP contribution in [-0.4, -0.2) is 34.9 Å². The van der Waals surface area contributed by atoms with Crippen LogP contribution >= 0.6 is 0 Å². The molecule has 86 valence electrons. The number of anilines is 1. The molecular formula is C8H8N8O. The van der Waals surface area contributed by atoms with Crippen LogP contribution < -0.4 is 11.3 Å². The Kier molecular flexibility index (Phi) is 1.90. The first-order valence-electron chi connectivity index (χ1n) is 4.80. The standard InChI is InChI=1S/C8H8N8O/c9-8-12-6-5(7(17)13-8)10-3-16(6)2-4-1-11-15-14-4/h1,3H,2H2,(H,11,14,15)(H3,9,12,13,17). The first-order chi connectivity index (χ1) is 8.24. The van der Waals surface area contributed by atoms with Crippen LogP contribution in [-0.2, 0) is 6.54 Å². The Balaban J connectivity index is 2.15. The second-order valence-corrected chi connectivity index (χ2v) is 3.46. The van der Waals surface area contributed by atoms with Crippen molar-refractivity contribution in [3.05, 3.63) is 28.6 Å². The molecule has 17 heavy (non-hydrogen) atoms. The summed E-state index contributed by atoms with van der Waals surface area (Å²) < 4.78 is 1.68. The van der Waals surface area contributed by atoms with Crippen LogP contribution in [0.2, 0.25) is 0 Å². The fourth-order valence-corrected chi connectivity index (χ4v) is 1.56. The van der Waals surface area contributed by atoms with Crippen molar-refractivity contribution in [1.82, 2.24) is 34.9 Å². The summed E-state index contributed by atoms with van der Waals surface area (Å²) in [6.07, 6.45) is 3.17. The van der Waals surface area contributed by atoms with Gasteiger partial charge in [-0.15, -0.1) is 5.10 Å². The lowest BCUT2D eigenvalue weighted by Gasteiger charge is -1.99. The molecule has 0 saturated carbocycles. The van der Waals surface area contributed by atoms with Gasteiger partial charge in [-0.3, -0.25) is 14.9 Å². The Labute approximate surface area is 93.7 Å². The van der Waals surface area contributed by atoms with Crippen LogP contribution in [0.15, 0.2) is 17.3 Å². The van der Waals surface area contributed by atoms with E-state index in [2.05, 4.69) is 30.4 Å². The molecule has 4 N–H and O–H groups in total. The molecule has 0 atom stereocenters. The molecule has 3 aromatic heterocycles. The SMILES string of the molecule is Nc1nc2c(ncn2Cc2c[nH]nn2)c(=O)[nH]1. The highest BCUT2D eigenvalue weighted by Gasteiger charge is 2.10. The summed E-state index contributed by atoms with van der Waals surface area (Å²) in [7, 11) is 0. The number of hydrogen-bond donors (Lipinski definition) is 3. The molecule has 0 unspecified atom stereocenters. The molecule has 0 aliphatic rings. The van der Waals surface area contributed by atoms with Crippen LogP contribution in [0.5, 0.6) is 0 Å². The molecule has 0 bridgehead atoms. The molecule has 9 heteroatoms. The summed E-state index contributed by atoms with van der Waals surface area (Å²) in [6, 6.07) is 0. The van der Waals surface area contributed by atoms with E-state index in [1.165, 1.54) is 6.33 Å². The summed E-state index contributed by atoms with van der Waals surface area (Å²) >= 11 is 0. The van der Waals surface area contributed by atoms with Gasteiger partial charge in [0.2, 0.25) is 5.95 Å². The minimum absolute atomic E-state index is 0.0596. The minimum Gasteiger partial charge on any atom is -0.369 e. The number of nitrogens with zero attached hydrogens (tertiary/aromatic N) is 5. The highest BCUT2D eigenvalue weighted by molar-refractivity contribution is 5.70. The van der Waals surface area contributed by atoms with Gasteiger partial charge in [0.15, 0.2) is 11.2 Å². The van der Waals surface area contributed by atoms with Gasteiger partial charge in [0.05, 0.1) is 12.9 Å². The molecule has 0 aliphatic heterocycles. The summed E-state index contributed by atoms with van der Waals surface area (Å²) in [5, 5.41) is 10.0. The largest absolute Gasteiger partial charge is 0.369 e. The van der Waals surface area contributed by atoms with E-state index in [9.17, 15) is 4.79 Å². The Morgan fingerprint density at radius 3 is 3.12 bits per heavy atom. The molecule has 3 aromatic rings. The Morgan fingerprint density at radius 1 is 1.47 bits per heavy atom. The van der Waals surface area contributed by atoms with Crippen molar-refractivity contribution in [2.45, 2.75) is 6.54 Å². The molecule has 0 radical (unpaired) electrons. The van der Waals surface area contributed by atoms with Gasteiger partial charge in [-0.1, -0.05) is 5.21 Å². The topological polar surface area (TPSA) is 131 Å². The van der Waals surface area contributed by atoms with Crippen LogP contribution in [0.4, 0.5) is 5.95 Å². The van der Waals surface area contributed by atoms with Crippen molar-refractivity contribution in [3.8, 4) is 0 Å². The molecular weight excluding hydrogens is 224 g/mol. The normalized spacial score (nSPS) is 11.1. The van der Waals surface area contributed by atoms with Gasteiger partial charge in [-0.05, 0) is 0 Å². The zero-order valence-electron chi connectivity index (χ0n) is 8.58. The third kappa shape index (κ3) is 1.53. The number of imidazole rings is 1. The first kappa shape index (κ1) is 9.51. The molecule has 0 saturated heterocycles. The average molecular weight is 232 g/mol. The number of nitrogens with two attached hydrogens (primary N) is 1. The van der Waals surface area contributed by atoms with E-state index < -0.39 is 0 Å². The van der Waals surface area contributed by atoms with E-state index in [1.807, 2.05) is 0 Å². The third-order valence-electron chi connectivity index (χ3n) is 2.29. The fraction of sp³-hybridized carbons (Fsp3) is 0.125. The van der Waals surface area contributed by atoms with Crippen molar-refractivity contribution >= 4 is 17.1 Å². The van der Waals surface area contributed by atoms with Crippen LogP contribution in [0.3, 0.4) is 0 Å². The van der Waals surface area contributed by atoms with E-state index in [0.717, 1.165) is 0 Å². The van der Waals surface area contributed by atoms with Crippen molar-refractivity contribution in [3.63, 3.8) is 0 Å². The summed E-state index contributed by atoms with van der Waals surface area (Å²) in [4.78, 5) is 21.9. The predicted octanol–water partition coefficient (Wildman–Crippen LogP) is -1.13. The van der Waals surface area contributed by atoms with Crippen molar-refractivity contribution in [2.24, 2.45) is 0 Å². The van der Waals surface area contributed by atoms with E-state index in [4.69, 9.17) is 5.73 Å². The van der Waals surface area contributed by atoms with Crippen LogP contribution in [0.1, 0.15) is 5.69 Å². The lowest BCUT2D eigenvalue weighted by atomic mass is 10.4. The molecule has 0 amide bonds. The second-order valence-electron chi connectivity index (χ2n) is 3.46. The van der Waals surface area contributed by atoms with Crippen LogP contribution in [0.25, 0.3) is 11.2 Å². The monoisotopic (exact) mass is 232 g/mol. The van der Waals surface area contributed by atoms with Gasteiger partial charge in [-0.2, -0.15) is 4.98 Å². The quantitative estimate of drug-likeness (QED) is 0.512. The van der Waals surface area contributed by atoms with Crippen molar-refractivity contribution in [1.29, 1.82) is 0 Å². The summed E-state index contributed by atoms with van der Waals surface area (Å²) in [5.41, 5.74) is 6.52. The maximum Gasteiger partial charge on any atom is 0.280 e. The van der Waals surface area contributed by atoms with Gasteiger partial charge >= 0.3 is 0 Å². The highest BCUT2D eigenvalue weighted by atomic mass is 16.1. The lowest BCUT2D eigenvalue weighted by Crippen LogP contribution is -2.12. The number of hydrogen-bond acceptors (Lipinski definition) is 6. The third-order valence-corrected chi connectivity index (χ3v) is 2.29. The number of nitrogen functional groups attached to an aromatic ring is 1. The molecule has 9 nitrogen and oxygen atoms in total. The smallest absolute Gasteiger partial charge is 0.280 e. The zero-order chi connectivity index (χ0) is 11.8. The number of rotatable bonds is 2. The van der Waals surface area contributed by atoms with Gasteiger partial charge in [0.25, 0.3) is 5.56 Å². The van der Waals surface area contributed by atoms with E-state index in [1.54, 1.807) is 10.8 Å². The van der Waals surface area contributed by atoms with E-state index in [0.29, 0.717) is 17.9 Å². The van der Waals surface area contributed by atoms with Gasteiger partial charge < -0.3 is 10.3 Å². The molecule has 0 spiro atoms. The van der Waals surface area contributed by atoms with E-state index >= 15 is 0 Å². The Morgan fingerprint density at radius 2 is 2.35 bits per heavy atom. The zero-order valence-corrected chi connectivity index (χ0v) is 8.58. The lowest BCUT2D eigenvalue weighted by molar-refractivity contribution is 0.778. The second kappa shape index (κ2) is 3.40. The van der Waals surface area contributed by atoms with Crippen molar-refractivity contribution < 1.29 is 0 Å². The molecule has 3 rings (SSSR count). The maximum absolute atomic E-state index is 11.5. The number of H-pyrrole nitrogens is 2. The fourth-order valence-electron chi connectivity index (χ4n) is 1.56. The summed E-state index contributed by atoms with van der Waals surface area (Å²) in [5.74, 6) is 0.0596. The highest BCUT2D eigenvalue weighted by Crippen LogP contribution is 2.07. The average Bonchev–Trinajstić information content (AvgIpc) is 2.89. The molecule has 0 aromatic carbocycles. The van der Waals surface area contributed by atoms with Gasteiger partial charge in [0.1, 0.15) is 5.69 Å². The molecule has 0 fully saturated rings. The maximum atomic E-state index is 11.5. The number of aromatic amines is 2. The number of aromatic nitrogens is 7. The van der Waals surface area contributed by atoms with Crippen molar-refractivity contribution in [2.75, 3.05) is 5.73 Å². The minimum atomic E-state index is -0.355. The molecule has 3 heterocycles. The first-order valence-corrected chi connectivity index (χ1v) is 4.80. The van der Waals surface area contributed by atoms with E-state index in [-0.39, 0.29) is 17.0 Å². The number of nitrogens with one attached hydrogen (secondary N) is 2. The number of fused-ring (bicyclic) bond motifs is 1. The summed E-state index contributed by atoms with van der Waals surface area (Å²) in [6.45, 7) is 0.420. The Hall–Kier alpha value is -2.71. The van der Waals surface area contributed by atoms with Crippen LogP contribution in [0, 0.1) is 0 Å². The van der Waals surface area contributed by atoms with Gasteiger partial charge in [-0.25, -0.2) is 4.98 Å².